The number of carbonyl (C=O) groups is 2. The zero-order valence-corrected chi connectivity index (χ0v) is 13.1. The topological polar surface area (TPSA) is 80.4 Å². The first-order chi connectivity index (χ1) is 11.2. The SMILES string of the molecule is CCCC(=O)N1Cc2ccnn2[C@H](C(=O)NCc2ccco2)C1. The zero-order valence-electron chi connectivity index (χ0n) is 13.1. The Morgan fingerprint density at radius 1 is 1.43 bits per heavy atom. The molecule has 1 aliphatic rings. The Hall–Kier alpha value is -2.57. The van der Waals surface area contributed by atoms with E-state index < -0.39 is 6.04 Å². The van der Waals surface area contributed by atoms with E-state index in [1.165, 1.54) is 0 Å². The molecule has 1 N–H and O–H groups in total. The highest BCUT2D eigenvalue weighted by Gasteiger charge is 2.32. The maximum absolute atomic E-state index is 12.5. The lowest BCUT2D eigenvalue weighted by molar-refractivity contribution is -0.135. The predicted octanol–water partition coefficient (Wildman–Crippen LogP) is 1.48. The number of nitrogens with one attached hydrogen (secondary N) is 1. The third-order valence-corrected chi connectivity index (χ3v) is 3.93. The van der Waals surface area contributed by atoms with E-state index in [1.807, 2.05) is 13.0 Å². The van der Waals surface area contributed by atoms with Crippen LogP contribution in [0.25, 0.3) is 0 Å². The molecule has 0 saturated heterocycles. The molecular formula is C16H20N4O3. The number of aromatic nitrogens is 2. The molecule has 0 radical (unpaired) electrons. The lowest BCUT2D eigenvalue weighted by Crippen LogP contribution is -2.46. The second kappa shape index (κ2) is 6.68. The first kappa shape index (κ1) is 15.3. The quantitative estimate of drug-likeness (QED) is 0.906. The molecule has 1 aliphatic heterocycles. The molecule has 2 aromatic rings. The highest BCUT2D eigenvalue weighted by Crippen LogP contribution is 2.21. The molecule has 0 bridgehead atoms. The van der Waals surface area contributed by atoms with Gasteiger partial charge in [0.1, 0.15) is 11.8 Å². The van der Waals surface area contributed by atoms with Crippen LogP contribution in [0.5, 0.6) is 0 Å². The van der Waals surface area contributed by atoms with Crippen molar-refractivity contribution in [1.29, 1.82) is 0 Å². The molecule has 0 spiro atoms. The Balaban J connectivity index is 1.72. The third-order valence-electron chi connectivity index (χ3n) is 3.93. The fourth-order valence-electron chi connectivity index (χ4n) is 2.75. The van der Waals surface area contributed by atoms with E-state index in [9.17, 15) is 9.59 Å². The lowest BCUT2D eigenvalue weighted by atomic mass is 10.1. The van der Waals surface area contributed by atoms with Crippen molar-refractivity contribution in [2.75, 3.05) is 6.54 Å². The first-order valence-corrected chi connectivity index (χ1v) is 7.79. The van der Waals surface area contributed by atoms with Gasteiger partial charge in [-0.1, -0.05) is 6.92 Å². The number of amides is 2. The molecule has 0 aromatic carbocycles. The van der Waals surface area contributed by atoms with E-state index >= 15 is 0 Å². The number of rotatable bonds is 5. The predicted molar refractivity (Wildman–Crippen MR) is 82.1 cm³/mol. The average molecular weight is 316 g/mol. The summed E-state index contributed by atoms with van der Waals surface area (Å²) in [6.07, 6.45) is 4.52. The standard InChI is InChI=1S/C16H20N4O3/c1-2-4-15(21)19-10-12-6-7-18-20(12)14(11-19)16(22)17-9-13-5-3-8-23-13/h3,5-8,14H,2,4,9-11H2,1H3,(H,17,22)/t14-/m0/s1. The molecule has 0 unspecified atom stereocenters. The summed E-state index contributed by atoms with van der Waals surface area (Å²) < 4.78 is 6.92. The minimum absolute atomic E-state index is 0.0729. The molecule has 1 atom stereocenters. The van der Waals surface area contributed by atoms with Crippen molar-refractivity contribution in [1.82, 2.24) is 20.0 Å². The fraction of sp³-hybridized carbons (Fsp3) is 0.438. The molecule has 122 valence electrons. The number of hydrogen-bond donors (Lipinski definition) is 1. The summed E-state index contributed by atoms with van der Waals surface area (Å²) in [5.74, 6) is 0.595. The third kappa shape index (κ3) is 3.28. The Bertz CT molecular complexity index is 677. The van der Waals surface area contributed by atoms with E-state index in [2.05, 4.69) is 10.4 Å². The summed E-state index contributed by atoms with van der Waals surface area (Å²) in [4.78, 5) is 26.5. The van der Waals surface area contributed by atoms with Crippen LogP contribution < -0.4 is 5.32 Å². The van der Waals surface area contributed by atoms with Crippen molar-refractivity contribution in [2.45, 2.75) is 38.9 Å². The highest BCUT2D eigenvalue weighted by atomic mass is 16.3. The maximum Gasteiger partial charge on any atom is 0.247 e. The maximum atomic E-state index is 12.5. The monoisotopic (exact) mass is 316 g/mol. The van der Waals surface area contributed by atoms with Gasteiger partial charge in [0.15, 0.2) is 0 Å². The van der Waals surface area contributed by atoms with Crippen molar-refractivity contribution >= 4 is 11.8 Å². The summed E-state index contributed by atoms with van der Waals surface area (Å²) in [7, 11) is 0. The largest absolute Gasteiger partial charge is 0.467 e. The number of fused-ring (bicyclic) bond motifs is 1. The summed E-state index contributed by atoms with van der Waals surface area (Å²) in [6.45, 7) is 3.14. The van der Waals surface area contributed by atoms with Crippen LogP contribution in [0.15, 0.2) is 35.1 Å². The molecule has 3 rings (SSSR count). The molecule has 7 heteroatoms. The van der Waals surface area contributed by atoms with Crippen LogP contribution in [0.2, 0.25) is 0 Å². The minimum atomic E-state index is -0.510. The number of hydrogen-bond acceptors (Lipinski definition) is 4. The Morgan fingerprint density at radius 3 is 3.04 bits per heavy atom. The van der Waals surface area contributed by atoms with Gasteiger partial charge >= 0.3 is 0 Å². The van der Waals surface area contributed by atoms with Gasteiger partial charge in [-0.3, -0.25) is 14.3 Å². The molecule has 0 aliphatic carbocycles. The van der Waals surface area contributed by atoms with Gasteiger partial charge in [-0.25, -0.2) is 0 Å². The Morgan fingerprint density at radius 2 is 2.30 bits per heavy atom. The summed E-state index contributed by atoms with van der Waals surface area (Å²) in [6, 6.07) is 4.92. The van der Waals surface area contributed by atoms with Gasteiger partial charge in [-0.2, -0.15) is 5.10 Å². The van der Waals surface area contributed by atoms with Gasteiger partial charge in [0.2, 0.25) is 11.8 Å². The van der Waals surface area contributed by atoms with Crippen LogP contribution in [0.3, 0.4) is 0 Å². The molecule has 0 fully saturated rings. The molecule has 0 saturated carbocycles. The van der Waals surface area contributed by atoms with Gasteiger partial charge in [0.05, 0.1) is 31.6 Å². The average Bonchev–Trinajstić information content (AvgIpc) is 3.22. The van der Waals surface area contributed by atoms with Crippen LogP contribution in [-0.4, -0.2) is 33.0 Å². The van der Waals surface area contributed by atoms with Gasteiger partial charge in [-0.15, -0.1) is 0 Å². The van der Waals surface area contributed by atoms with E-state index in [0.717, 1.165) is 12.1 Å². The summed E-state index contributed by atoms with van der Waals surface area (Å²) >= 11 is 0. The molecular weight excluding hydrogens is 296 g/mol. The van der Waals surface area contributed by atoms with Gasteiger partial charge in [0.25, 0.3) is 0 Å². The number of nitrogens with zero attached hydrogens (tertiary/aromatic N) is 3. The fourth-order valence-corrected chi connectivity index (χ4v) is 2.75. The zero-order chi connectivity index (χ0) is 16.2. The van der Waals surface area contributed by atoms with Crippen LogP contribution >= 0.6 is 0 Å². The molecule has 7 nitrogen and oxygen atoms in total. The summed E-state index contributed by atoms with van der Waals surface area (Å²) in [5, 5.41) is 7.08. The van der Waals surface area contributed by atoms with Crippen LogP contribution in [0, 0.1) is 0 Å². The van der Waals surface area contributed by atoms with Crippen molar-refractivity contribution in [2.24, 2.45) is 0 Å². The van der Waals surface area contributed by atoms with Crippen molar-refractivity contribution in [3.8, 4) is 0 Å². The molecule has 2 amide bonds. The van der Waals surface area contributed by atoms with Crippen molar-refractivity contribution < 1.29 is 14.0 Å². The van der Waals surface area contributed by atoms with Gasteiger partial charge in [0, 0.05) is 12.6 Å². The molecule has 23 heavy (non-hydrogen) atoms. The smallest absolute Gasteiger partial charge is 0.247 e. The minimum Gasteiger partial charge on any atom is -0.467 e. The summed E-state index contributed by atoms with van der Waals surface area (Å²) in [5.41, 5.74) is 0.874. The van der Waals surface area contributed by atoms with Crippen LogP contribution in [-0.2, 0) is 22.7 Å². The number of furan rings is 1. The molecule has 3 heterocycles. The van der Waals surface area contributed by atoms with E-state index in [4.69, 9.17) is 4.42 Å². The first-order valence-electron chi connectivity index (χ1n) is 7.79. The van der Waals surface area contributed by atoms with E-state index in [-0.39, 0.29) is 11.8 Å². The normalized spacial score (nSPS) is 16.9. The highest BCUT2D eigenvalue weighted by molar-refractivity contribution is 5.82. The van der Waals surface area contributed by atoms with E-state index in [1.54, 1.807) is 34.2 Å². The van der Waals surface area contributed by atoms with E-state index in [0.29, 0.717) is 31.8 Å². The van der Waals surface area contributed by atoms with Gasteiger partial charge < -0.3 is 14.6 Å². The Labute approximate surface area is 134 Å². The van der Waals surface area contributed by atoms with Gasteiger partial charge in [-0.05, 0) is 24.6 Å². The Kier molecular flexibility index (Phi) is 4.45. The lowest BCUT2D eigenvalue weighted by Gasteiger charge is -2.33. The second-order valence-corrected chi connectivity index (χ2v) is 5.60. The molecule has 2 aromatic heterocycles. The van der Waals surface area contributed by atoms with Crippen LogP contribution in [0.1, 0.15) is 37.3 Å². The van der Waals surface area contributed by atoms with Crippen molar-refractivity contribution in [3.05, 3.63) is 42.1 Å². The second-order valence-electron chi connectivity index (χ2n) is 5.60. The van der Waals surface area contributed by atoms with Crippen LogP contribution in [0.4, 0.5) is 0 Å². The number of carbonyl (C=O) groups excluding carboxylic acids is 2. The van der Waals surface area contributed by atoms with Crippen molar-refractivity contribution in [3.63, 3.8) is 0 Å².